The van der Waals surface area contributed by atoms with Gasteiger partial charge < -0.3 is 4.98 Å². The Morgan fingerprint density at radius 3 is 2.52 bits per heavy atom. The Kier molecular flexibility index (Phi) is 3.43. The zero-order valence-electron chi connectivity index (χ0n) is 10.4. The van der Waals surface area contributed by atoms with Crippen molar-refractivity contribution < 1.29 is 13.6 Å². The molecule has 0 radical (unpaired) electrons. The molecule has 0 aliphatic heterocycles. The molecule has 3 rings (SSSR count). The second kappa shape index (κ2) is 5.13. The fourth-order valence-corrected chi connectivity index (χ4v) is 2.53. The van der Waals surface area contributed by atoms with E-state index < -0.39 is 17.4 Å². The number of carbonyl (C=O) groups is 1. The summed E-state index contributed by atoms with van der Waals surface area (Å²) < 4.78 is 27.3. The second-order valence-electron chi connectivity index (χ2n) is 4.44. The molecule has 2 aromatic carbocycles. The molecule has 0 amide bonds. The summed E-state index contributed by atoms with van der Waals surface area (Å²) in [6.45, 7) is 0. The molecule has 6 heteroatoms. The minimum absolute atomic E-state index is 0.216. The lowest BCUT2D eigenvalue weighted by Crippen LogP contribution is -2.04. The van der Waals surface area contributed by atoms with Crippen LogP contribution in [0.15, 0.2) is 36.5 Å². The molecule has 0 saturated carbocycles. The van der Waals surface area contributed by atoms with E-state index in [-0.39, 0.29) is 16.1 Å². The highest BCUT2D eigenvalue weighted by atomic mass is 35.5. The van der Waals surface area contributed by atoms with Crippen molar-refractivity contribution in [3.8, 4) is 0 Å². The van der Waals surface area contributed by atoms with E-state index in [0.717, 1.165) is 12.1 Å². The van der Waals surface area contributed by atoms with E-state index in [1.807, 2.05) is 0 Å². The summed E-state index contributed by atoms with van der Waals surface area (Å²) in [6, 6.07) is 6.59. The first-order valence-electron chi connectivity index (χ1n) is 5.94. The zero-order chi connectivity index (χ0) is 15.1. The van der Waals surface area contributed by atoms with Crippen molar-refractivity contribution in [3.63, 3.8) is 0 Å². The van der Waals surface area contributed by atoms with Crippen LogP contribution in [-0.4, -0.2) is 10.8 Å². The highest BCUT2D eigenvalue weighted by Gasteiger charge is 2.20. The Morgan fingerprint density at radius 2 is 1.76 bits per heavy atom. The van der Waals surface area contributed by atoms with Gasteiger partial charge in [0.05, 0.1) is 21.1 Å². The highest BCUT2D eigenvalue weighted by Crippen LogP contribution is 2.28. The molecule has 0 saturated heterocycles. The summed E-state index contributed by atoms with van der Waals surface area (Å²) in [6.07, 6.45) is 1.42. The Balaban J connectivity index is 2.18. The third kappa shape index (κ3) is 2.30. The van der Waals surface area contributed by atoms with Crippen LogP contribution in [0.25, 0.3) is 10.9 Å². The van der Waals surface area contributed by atoms with Crippen LogP contribution in [0.1, 0.15) is 15.9 Å². The van der Waals surface area contributed by atoms with E-state index >= 15 is 0 Å². The summed E-state index contributed by atoms with van der Waals surface area (Å²) in [4.78, 5) is 15.3. The van der Waals surface area contributed by atoms with Gasteiger partial charge in [0.1, 0.15) is 11.6 Å². The number of hydrogen-bond donors (Lipinski definition) is 1. The number of aromatic amines is 1. The summed E-state index contributed by atoms with van der Waals surface area (Å²) in [5.74, 6) is -2.36. The Labute approximate surface area is 128 Å². The maximum Gasteiger partial charge on any atom is 0.198 e. The largest absolute Gasteiger partial charge is 0.359 e. The molecule has 106 valence electrons. The molecule has 1 heterocycles. The number of H-pyrrole nitrogens is 1. The van der Waals surface area contributed by atoms with E-state index in [1.54, 1.807) is 18.2 Å². The molecule has 0 bridgehead atoms. The smallest absolute Gasteiger partial charge is 0.198 e. The Morgan fingerprint density at radius 1 is 1.00 bits per heavy atom. The third-order valence-electron chi connectivity index (χ3n) is 3.16. The van der Waals surface area contributed by atoms with Gasteiger partial charge in [0.2, 0.25) is 0 Å². The second-order valence-corrected chi connectivity index (χ2v) is 5.25. The average molecular weight is 326 g/mol. The Hall–Kier alpha value is -1.91. The van der Waals surface area contributed by atoms with Crippen LogP contribution in [0.5, 0.6) is 0 Å². The van der Waals surface area contributed by atoms with Crippen molar-refractivity contribution in [1.82, 2.24) is 4.98 Å². The molecular formula is C15H7Cl2F2NO. The molecule has 0 unspecified atom stereocenters. The Bertz CT molecular complexity index is 873. The van der Waals surface area contributed by atoms with Gasteiger partial charge in [-0.2, -0.15) is 0 Å². The third-order valence-corrected chi connectivity index (χ3v) is 3.77. The number of nitrogens with one attached hydrogen (secondary N) is 1. The van der Waals surface area contributed by atoms with Gasteiger partial charge in [-0.25, -0.2) is 8.78 Å². The monoisotopic (exact) mass is 325 g/mol. The van der Waals surface area contributed by atoms with Crippen molar-refractivity contribution in [2.24, 2.45) is 0 Å². The molecular weight excluding hydrogens is 319 g/mol. The SMILES string of the molecule is O=C(c1cc(F)c(Cl)cc1F)c1c[nH]c2c(Cl)cccc12. The van der Waals surface area contributed by atoms with Crippen molar-refractivity contribution in [3.05, 3.63) is 69.3 Å². The maximum absolute atomic E-state index is 13.8. The van der Waals surface area contributed by atoms with Crippen LogP contribution in [0, 0.1) is 11.6 Å². The van der Waals surface area contributed by atoms with Gasteiger partial charge in [-0.15, -0.1) is 0 Å². The zero-order valence-corrected chi connectivity index (χ0v) is 11.9. The quantitative estimate of drug-likeness (QED) is 0.523. The van der Waals surface area contributed by atoms with Gasteiger partial charge in [-0.1, -0.05) is 35.3 Å². The van der Waals surface area contributed by atoms with Crippen LogP contribution in [0.4, 0.5) is 8.78 Å². The van der Waals surface area contributed by atoms with E-state index in [2.05, 4.69) is 4.98 Å². The fourth-order valence-electron chi connectivity index (χ4n) is 2.15. The van der Waals surface area contributed by atoms with Crippen LogP contribution >= 0.6 is 23.2 Å². The number of benzene rings is 2. The normalized spacial score (nSPS) is 11.0. The summed E-state index contributed by atoms with van der Waals surface area (Å²) in [7, 11) is 0. The number of ketones is 1. The number of para-hydroxylation sites is 1. The van der Waals surface area contributed by atoms with Gasteiger partial charge in [0.25, 0.3) is 0 Å². The maximum atomic E-state index is 13.8. The van der Waals surface area contributed by atoms with Crippen molar-refractivity contribution in [2.75, 3.05) is 0 Å². The molecule has 0 atom stereocenters. The first kappa shape index (κ1) is 14.0. The molecule has 0 fully saturated rings. The van der Waals surface area contributed by atoms with Gasteiger partial charge in [-0.3, -0.25) is 4.79 Å². The highest BCUT2D eigenvalue weighted by molar-refractivity contribution is 6.36. The number of hydrogen-bond acceptors (Lipinski definition) is 1. The van der Waals surface area contributed by atoms with E-state index in [4.69, 9.17) is 23.2 Å². The standard InChI is InChI=1S/C15H7Cl2F2NO/c16-10-3-1-2-7-9(6-20-14(7)10)15(21)8-4-13(19)11(17)5-12(8)18/h1-6,20H. The van der Waals surface area contributed by atoms with Gasteiger partial charge in [0.15, 0.2) is 5.78 Å². The van der Waals surface area contributed by atoms with Crippen LogP contribution < -0.4 is 0 Å². The van der Waals surface area contributed by atoms with Crippen molar-refractivity contribution >= 4 is 39.9 Å². The van der Waals surface area contributed by atoms with Crippen LogP contribution in [-0.2, 0) is 0 Å². The van der Waals surface area contributed by atoms with Crippen molar-refractivity contribution in [2.45, 2.75) is 0 Å². The lowest BCUT2D eigenvalue weighted by molar-refractivity contribution is 0.103. The molecule has 2 nitrogen and oxygen atoms in total. The predicted octanol–water partition coefficient (Wildman–Crippen LogP) is 4.98. The molecule has 0 aliphatic carbocycles. The van der Waals surface area contributed by atoms with Crippen LogP contribution in [0.3, 0.4) is 0 Å². The molecule has 0 aliphatic rings. The number of carbonyl (C=O) groups excluding carboxylic acids is 1. The molecule has 3 aromatic rings. The predicted molar refractivity (Wildman–Crippen MR) is 78.1 cm³/mol. The first-order chi connectivity index (χ1) is 9.99. The first-order valence-corrected chi connectivity index (χ1v) is 6.69. The molecule has 21 heavy (non-hydrogen) atoms. The topological polar surface area (TPSA) is 32.9 Å². The number of fused-ring (bicyclic) bond motifs is 1. The van der Waals surface area contributed by atoms with Gasteiger partial charge in [0, 0.05) is 17.1 Å². The molecule has 1 N–H and O–H groups in total. The fraction of sp³-hybridized carbons (Fsp3) is 0. The number of rotatable bonds is 2. The summed E-state index contributed by atoms with van der Waals surface area (Å²) in [5, 5.41) is 0.614. The van der Waals surface area contributed by atoms with E-state index in [1.165, 1.54) is 6.20 Å². The lowest BCUT2D eigenvalue weighted by Gasteiger charge is -2.03. The van der Waals surface area contributed by atoms with E-state index in [0.29, 0.717) is 15.9 Å². The summed E-state index contributed by atoms with van der Waals surface area (Å²) >= 11 is 11.5. The number of aromatic nitrogens is 1. The molecule has 1 aromatic heterocycles. The van der Waals surface area contributed by atoms with Crippen LogP contribution in [0.2, 0.25) is 10.0 Å². The minimum atomic E-state index is -0.872. The van der Waals surface area contributed by atoms with E-state index in [9.17, 15) is 13.6 Å². The lowest BCUT2D eigenvalue weighted by atomic mass is 10.0. The van der Waals surface area contributed by atoms with Crippen molar-refractivity contribution in [1.29, 1.82) is 0 Å². The van der Waals surface area contributed by atoms with Gasteiger partial charge in [-0.05, 0) is 18.2 Å². The minimum Gasteiger partial charge on any atom is -0.359 e. The summed E-state index contributed by atoms with van der Waals surface area (Å²) in [5.41, 5.74) is 0.406. The average Bonchev–Trinajstić information content (AvgIpc) is 2.87. The van der Waals surface area contributed by atoms with Gasteiger partial charge >= 0.3 is 0 Å². The number of halogens is 4. The molecule has 0 spiro atoms.